The molecular formula is C17H20N2O. The van der Waals surface area contributed by atoms with E-state index >= 15 is 0 Å². The van der Waals surface area contributed by atoms with Gasteiger partial charge in [-0.25, -0.2) is 0 Å². The van der Waals surface area contributed by atoms with Gasteiger partial charge in [0.05, 0.1) is 6.61 Å². The summed E-state index contributed by atoms with van der Waals surface area (Å²) >= 11 is 0. The Bertz CT molecular complexity index is 535. The molecule has 0 bridgehead atoms. The molecule has 0 saturated heterocycles. The van der Waals surface area contributed by atoms with E-state index in [9.17, 15) is 0 Å². The predicted octanol–water partition coefficient (Wildman–Crippen LogP) is 4.30. The standard InChI is InChI=1S/C17H20N2O/c1-4-5-6-7-20-16-8-13(2)17(14(3)9-16)10-15(11-18)12-19/h8-10H,4-7H2,1-3H3. The molecule has 0 saturated carbocycles. The molecule has 3 nitrogen and oxygen atoms in total. The monoisotopic (exact) mass is 268 g/mol. The summed E-state index contributed by atoms with van der Waals surface area (Å²) in [7, 11) is 0. The third kappa shape index (κ3) is 4.44. The maximum atomic E-state index is 8.82. The molecule has 1 rings (SSSR count). The first-order chi connectivity index (χ1) is 9.62. The van der Waals surface area contributed by atoms with Gasteiger partial charge >= 0.3 is 0 Å². The molecule has 104 valence electrons. The van der Waals surface area contributed by atoms with Gasteiger partial charge in [0.25, 0.3) is 0 Å². The van der Waals surface area contributed by atoms with Gasteiger partial charge in [-0.3, -0.25) is 0 Å². The largest absolute Gasteiger partial charge is 0.494 e. The third-order valence-corrected chi connectivity index (χ3v) is 3.11. The quantitative estimate of drug-likeness (QED) is 0.570. The molecule has 0 aromatic heterocycles. The van der Waals surface area contributed by atoms with E-state index in [0.717, 1.165) is 35.5 Å². The van der Waals surface area contributed by atoms with E-state index in [1.165, 1.54) is 12.8 Å². The molecule has 0 aliphatic rings. The molecule has 3 heteroatoms. The van der Waals surface area contributed by atoms with Gasteiger partial charge in [0, 0.05) is 0 Å². The lowest BCUT2D eigenvalue weighted by Crippen LogP contribution is -1.99. The van der Waals surface area contributed by atoms with Gasteiger partial charge < -0.3 is 4.74 Å². The molecule has 0 spiro atoms. The molecule has 0 aliphatic heterocycles. The minimum Gasteiger partial charge on any atom is -0.494 e. The second kappa shape index (κ2) is 8.02. The minimum atomic E-state index is 0.118. The fourth-order valence-corrected chi connectivity index (χ4v) is 2.02. The summed E-state index contributed by atoms with van der Waals surface area (Å²) in [6, 6.07) is 7.68. The van der Waals surface area contributed by atoms with Crippen molar-refractivity contribution >= 4 is 6.08 Å². The van der Waals surface area contributed by atoms with E-state index in [2.05, 4.69) is 6.92 Å². The van der Waals surface area contributed by atoms with Crippen LogP contribution in [0.2, 0.25) is 0 Å². The Morgan fingerprint density at radius 2 is 1.75 bits per heavy atom. The highest BCUT2D eigenvalue weighted by atomic mass is 16.5. The smallest absolute Gasteiger partial charge is 0.130 e. The summed E-state index contributed by atoms with van der Waals surface area (Å²) in [6.07, 6.45) is 5.04. The molecular weight excluding hydrogens is 248 g/mol. The van der Waals surface area contributed by atoms with Gasteiger partial charge in [-0.05, 0) is 55.2 Å². The number of nitriles is 2. The Kier molecular flexibility index (Phi) is 6.33. The van der Waals surface area contributed by atoms with Gasteiger partial charge in [0.15, 0.2) is 0 Å². The molecule has 0 atom stereocenters. The van der Waals surface area contributed by atoms with Crippen molar-refractivity contribution in [3.63, 3.8) is 0 Å². The van der Waals surface area contributed by atoms with Crippen molar-refractivity contribution in [1.82, 2.24) is 0 Å². The lowest BCUT2D eigenvalue weighted by molar-refractivity contribution is 0.306. The minimum absolute atomic E-state index is 0.118. The number of hydrogen-bond acceptors (Lipinski definition) is 3. The molecule has 0 fully saturated rings. The van der Waals surface area contributed by atoms with Crippen LogP contribution in [0.15, 0.2) is 17.7 Å². The van der Waals surface area contributed by atoms with Crippen LogP contribution in [0.5, 0.6) is 5.75 Å². The molecule has 1 aromatic rings. The average molecular weight is 268 g/mol. The van der Waals surface area contributed by atoms with Gasteiger partial charge in [0.2, 0.25) is 0 Å². The molecule has 0 aliphatic carbocycles. The topological polar surface area (TPSA) is 56.8 Å². The maximum Gasteiger partial charge on any atom is 0.130 e. The number of ether oxygens (including phenoxy) is 1. The summed E-state index contributed by atoms with van der Waals surface area (Å²) in [5.41, 5.74) is 3.06. The van der Waals surface area contributed by atoms with Gasteiger partial charge in [-0.1, -0.05) is 19.8 Å². The molecule has 0 N–H and O–H groups in total. The predicted molar refractivity (Wildman–Crippen MR) is 80.1 cm³/mol. The van der Waals surface area contributed by atoms with Crippen LogP contribution >= 0.6 is 0 Å². The summed E-state index contributed by atoms with van der Waals surface area (Å²) in [4.78, 5) is 0. The molecule has 0 heterocycles. The first-order valence-electron chi connectivity index (χ1n) is 6.88. The van der Waals surface area contributed by atoms with Crippen molar-refractivity contribution in [2.45, 2.75) is 40.0 Å². The van der Waals surface area contributed by atoms with Crippen molar-refractivity contribution in [3.05, 3.63) is 34.4 Å². The van der Waals surface area contributed by atoms with Crippen molar-refractivity contribution < 1.29 is 4.74 Å². The summed E-state index contributed by atoms with van der Waals surface area (Å²) in [5.74, 6) is 0.851. The second-order valence-corrected chi connectivity index (χ2v) is 4.81. The Morgan fingerprint density at radius 1 is 1.15 bits per heavy atom. The number of nitrogens with zero attached hydrogens (tertiary/aromatic N) is 2. The zero-order valence-electron chi connectivity index (χ0n) is 12.4. The normalized spacial score (nSPS) is 9.45. The summed E-state index contributed by atoms with van der Waals surface area (Å²) < 4.78 is 5.73. The zero-order chi connectivity index (χ0) is 15.0. The molecule has 1 aromatic carbocycles. The first-order valence-corrected chi connectivity index (χ1v) is 6.88. The van der Waals surface area contributed by atoms with E-state index in [1.54, 1.807) is 6.08 Å². The van der Waals surface area contributed by atoms with E-state index in [1.807, 2.05) is 38.1 Å². The fraction of sp³-hybridized carbons (Fsp3) is 0.412. The average Bonchev–Trinajstić information content (AvgIpc) is 2.43. The Morgan fingerprint density at radius 3 is 2.25 bits per heavy atom. The number of benzene rings is 1. The highest BCUT2D eigenvalue weighted by Gasteiger charge is 2.05. The van der Waals surface area contributed by atoms with E-state index in [0.29, 0.717) is 0 Å². The molecule has 0 unspecified atom stereocenters. The highest BCUT2D eigenvalue weighted by molar-refractivity contribution is 5.67. The zero-order valence-corrected chi connectivity index (χ0v) is 12.4. The first kappa shape index (κ1) is 15.8. The lowest BCUT2D eigenvalue weighted by atomic mass is 10.0. The van der Waals surface area contributed by atoms with E-state index in [-0.39, 0.29) is 5.57 Å². The molecule has 0 radical (unpaired) electrons. The van der Waals surface area contributed by atoms with E-state index in [4.69, 9.17) is 15.3 Å². The number of rotatable bonds is 6. The third-order valence-electron chi connectivity index (χ3n) is 3.11. The van der Waals surface area contributed by atoms with Crippen LogP contribution in [0, 0.1) is 36.5 Å². The van der Waals surface area contributed by atoms with Crippen LogP contribution in [0.25, 0.3) is 6.08 Å². The van der Waals surface area contributed by atoms with Crippen molar-refractivity contribution in [1.29, 1.82) is 10.5 Å². The number of allylic oxidation sites excluding steroid dienone is 1. The van der Waals surface area contributed by atoms with Crippen molar-refractivity contribution in [3.8, 4) is 17.9 Å². The van der Waals surface area contributed by atoms with Crippen LogP contribution in [-0.2, 0) is 0 Å². The summed E-state index contributed by atoms with van der Waals surface area (Å²) in [6.45, 7) is 6.81. The summed E-state index contributed by atoms with van der Waals surface area (Å²) in [5, 5.41) is 17.6. The second-order valence-electron chi connectivity index (χ2n) is 4.81. The maximum absolute atomic E-state index is 8.82. The SMILES string of the molecule is CCCCCOc1cc(C)c(C=C(C#N)C#N)c(C)c1. The van der Waals surface area contributed by atoms with Crippen LogP contribution in [0.4, 0.5) is 0 Å². The van der Waals surface area contributed by atoms with Crippen LogP contribution < -0.4 is 4.74 Å². The fourth-order valence-electron chi connectivity index (χ4n) is 2.02. The highest BCUT2D eigenvalue weighted by Crippen LogP contribution is 2.24. The van der Waals surface area contributed by atoms with Crippen molar-refractivity contribution in [2.75, 3.05) is 6.61 Å². The van der Waals surface area contributed by atoms with Crippen LogP contribution in [0.3, 0.4) is 0 Å². The van der Waals surface area contributed by atoms with Crippen LogP contribution in [-0.4, -0.2) is 6.61 Å². The molecule has 20 heavy (non-hydrogen) atoms. The number of unbranched alkanes of at least 4 members (excludes halogenated alkanes) is 2. The Labute approximate surface area is 121 Å². The van der Waals surface area contributed by atoms with E-state index < -0.39 is 0 Å². The van der Waals surface area contributed by atoms with Crippen LogP contribution in [0.1, 0.15) is 42.9 Å². The van der Waals surface area contributed by atoms with Gasteiger partial charge in [-0.15, -0.1) is 0 Å². The Balaban J connectivity index is 2.90. The van der Waals surface area contributed by atoms with Gasteiger partial charge in [-0.2, -0.15) is 10.5 Å². The number of hydrogen-bond donors (Lipinski definition) is 0. The Hall–Kier alpha value is -2.26. The lowest BCUT2D eigenvalue weighted by Gasteiger charge is -2.11. The number of aryl methyl sites for hydroxylation is 2. The van der Waals surface area contributed by atoms with Gasteiger partial charge in [0.1, 0.15) is 23.5 Å². The molecule has 0 amide bonds. The van der Waals surface area contributed by atoms with Crippen molar-refractivity contribution in [2.24, 2.45) is 0 Å².